The third-order valence-electron chi connectivity index (χ3n) is 4.26. The van der Waals surface area contributed by atoms with Crippen molar-refractivity contribution in [1.82, 2.24) is 0 Å². The number of aliphatic hydroxyl groups is 2. The molecule has 0 unspecified atom stereocenters. The first-order valence-electron chi connectivity index (χ1n) is 9.38. The van der Waals surface area contributed by atoms with Crippen molar-refractivity contribution in [2.24, 2.45) is 5.73 Å². The number of hydrogen-bond donors (Lipinski definition) is 3. The van der Waals surface area contributed by atoms with Crippen molar-refractivity contribution in [1.29, 1.82) is 0 Å². The maximum atomic E-state index is 9.69. The Bertz CT molecular complexity index is 254. The Kier molecular flexibility index (Phi) is 15.2. The number of nitrogens with two attached hydrogens (primary N) is 1. The Labute approximate surface area is 138 Å². The lowest BCUT2D eigenvalue weighted by Crippen LogP contribution is -2.42. The van der Waals surface area contributed by atoms with Crippen molar-refractivity contribution < 1.29 is 10.2 Å². The molecule has 3 heteroatoms. The summed E-state index contributed by atoms with van der Waals surface area (Å²) in [6, 6.07) is -0.589. The molecule has 0 heterocycles. The highest BCUT2D eigenvalue weighted by molar-refractivity contribution is 4.95. The van der Waals surface area contributed by atoms with Gasteiger partial charge < -0.3 is 15.9 Å². The monoisotopic (exact) mass is 313 g/mol. The van der Waals surface area contributed by atoms with Crippen LogP contribution in [0.3, 0.4) is 0 Å². The molecule has 0 saturated carbocycles. The highest BCUT2D eigenvalue weighted by Gasteiger charge is 2.16. The number of unbranched alkanes of at least 4 members (excludes halogenated alkanes) is 11. The van der Waals surface area contributed by atoms with Gasteiger partial charge in [0.25, 0.3) is 0 Å². The van der Waals surface area contributed by atoms with Crippen molar-refractivity contribution >= 4 is 0 Å². The van der Waals surface area contributed by atoms with Gasteiger partial charge in [-0.2, -0.15) is 0 Å². The predicted molar refractivity (Wildman–Crippen MR) is 95.9 cm³/mol. The molecule has 0 aliphatic heterocycles. The van der Waals surface area contributed by atoms with Crippen molar-refractivity contribution in [3.05, 3.63) is 12.2 Å². The molecule has 0 saturated heterocycles. The quantitative estimate of drug-likeness (QED) is 0.312. The van der Waals surface area contributed by atoms with Crippen LogP contribution in [0.2, 0.25) is 0 Å². The second kappa shape index (κ2) is 15.5. The average Bonchev–Trinajstić information content (AvgIpc) is 2.50. The van der Waals surface area contributed by atoms with Crippen LogP contribution in [0, 0.1) is 0 Å². The van der Waals surface area contributed by atoms with Crippen LogP contribution in [-0.4, -0.2) is 28.5 Å². The van der Waals surface area contributed by atoms with E-state index in [4.69, 9.17) is 5.73 Å². The molecule has 0 aliphatic rings. The minimum Gasteiger partial charge on any atom is -0.392 e. The fourth-order valence-corrected chi connectivity index (χ4v) is 2.58. The number of allylic oxidation sites excluding steroid dienone is 1. The van der Waals surface area contributed by atoms with Crippen molar-refractivity contribution in [2.45, 2.75) is 109 Å². The van der Waals surface area contributed by atoms with Gasteiger partial charge in [-0.3, -0.25) is 0 Å². The first kappa shape index (κ1) is 21.6. The molecule has 0 rings (SSSR count). The first-order valence-corrected chi connectivity index (χ1v) is 9.38. The standard InChI is InChI=1S/C19H39NO2/c1-3-4-5-6-7-8-9-10-11-12-13-14-15-16-18(22)19(20)17(2)21/h15-19,21-22H,3-14,20H2,1-2H3/t17-,18-,19-/m0/s1. The zero-order valence-electron chi connectivity index (χ0n) is 14.8. The molecule has 3 nitrogen and oxygen atoms in total. The van der Waals surface area contributed by atoms with Crippen LogP contribution in [0.1, 0.15) is 90.9 Å². The minimum atomic E-state index is -0.743. The van der Waals surface area contributed by atoms with E-state index in [2.05, 4.69) is 6.92 Å². The maximum absolute atomic E-state index is 9.69. The van der Waals surface area contributed by atoms with Crippen molar-refractivity contribution in [3.8, 4) is 0 Å². The van der Waals surface area contributed by atoms with E-state index in [-0.39, 0.29) is 0 Å². The summed E-state index contributed by atoms with van der Waals surface area (Å²) in [5.74, 6) is 0. The highest BCUT2D eigenvalue weighted by atomic mass is 16.3. The summed E-state index contributed by atoms with van der Waals surface area (Å²) in [5, 5.41) is 19.0. The van der Waals surface area contributed by atoms with Crippen LogP contribution in [-0.2, 0) is 0 Å². The summed E-state index contributed by atoms with van der Waals surface area (Å²) < 4.78 is 0. The average molecular weight is 314 g/mol. The Balaban J connectivity index is 3.29. The van der Waals surface area contributed by atoms with Gasteiger partial charge in [-0.25, -0.2) is 0 Å². The van der Waals surface area contributed by atoms with Gasteiger partial charge in [0.1, 0.15) is 0 Å². The molecule has 0 aliphatic carbocycles. The summed E-state index contributed by atoms with van der Waals surface area (Å²) in [7, 11) is 0. The van der Waals surface area contributed by atoms with E-state index in [1.807, 2.05) is 6.08 Å². The largest absolute Gasteiger partial charge is 0.392 e. The second-order valence-electron chi connectivity index (χ2n) is 6.56. The van der Waals surface area contributed by atoms with Gasteiger partial charge in [-0.1, -0.05) is 83.3 Å². The first-order chi connectivity index (χ1) is 10.6. The smallest absolute Gasteiger partial charge is 0.0897 e. The van der Waals surface area contributed by atoms with Gasteiger partial charge >= 0.3 is 0 Å². The Morgan fingerprint density at radius 3 is 1.73 bits per heavy atom. The summed E-state index contributed by atoms with van der Waals surface area (Å²) in [5.41, 5.74) is 5.66. The van der Waals surface area contributed by atoms with E-state index in [1.165, 1.54) is 70.6 Å². The van der Waals surface area contributed by atoms with E-state index in [0.29, 0.717) is 0 Å². The van der Waals surface area contributed by atoms with E-state index in [0.717, 1.165) is 6.42 Å². The molecule has 0 aromatic carbocycles. The third-order valence-corrected chi connectivity index (χ3v) is 4.26. The fourth-order valence-electron chi connectivity index (χ4n) is 2.58. The molecule has 0 fully saturated rings. The minimum absolute atomic E-state index is 0.589. The van der Waals surface area contributed by atoms with Gasteiger partial charge in [0.15, 0.2) is 0 Å². The lowest BCUT2D eigenvalue weighted by molar-refractivity contribution is 0.0903. The molecule has 22 heavy (non-hydrogen) atoms. The molecule has 0 aromatic heterocycles. The fraction of sp³-hybridized carbons (Fsp3) is 0.895. The van der Waals surface area contributed by atoms with Crippen LogP contribution < -0.4 is 5.73 Å². The summed E-state index contributed by atoms with van der Waals surface area (Å²) in [6.45, 7) is 3.86. The predicted octanol–water partition coefficient (Wildman–Crippen LogP) is 4.31. The van der Waals surface area contributed by atoms with Gasteiger partial charge in [0.05, 0.1) is 18.2 Å². The number of hydrogen-bond acceptors (Lipinski definition) is 3. The van der Waals surface area contributed by atoms with Gasteiger partial charge in [0, 0.05) is 0 Å². The van der Waals surface area contributed by atoms with E-state index >= 15 is 0 Å². The Morgan fingerprint density at radius 1 is 0.818 bits per heavy atom. The molecule has 0 radical (unpaired) electrons. The van der Waals surface area contributed by atoms with Crippen LogP contribution in [0.15, 0.2) is 12.2 Å². The zero-order chi connectivity index (χ0) is 16.6. The molecule has 132 valence electrons. The number of aliphatic hydroxyl groups excluding tert-OH is 2. The molecule has 3 atom stereocenters. The van der Waals surface area contributed by atoms with E-state index in [9.17, 15) is 10.2 Å². The van der Waals surface area contributed by atoms with E-state index < -0.39 is 18.2 Å². The Hall–Kier alpha value is -0.380. The van der Waals surface area contributed by atoms with Gasteiger partial charge in [-0.05, 0) is 19.8 Å². The highest BCUT2D eigenvalue weighted by Crippen LogP contribution is 2.12. The summed E-state index contributed by atoms with van der Waals surface area (Å²) >= 11 is 0. The molecule has 0 amide bonds. The summed E-state index contributed by atoms with van der Waals surface area (Å²) in [6.07, 6.45) is 18.1. The molecule has 4 N–H and O–H groups in total. The molecular weight excluding hydrogens is 274 g/mol. The Morgan fingerprint density at radius 2 is 1.27 bits per heavy atom. The molecule has 0 spiro atoms. The topological polar surface area (TPSA) is 66.5 Å². The van der Waals surface area contributed by atoms with Crippen LogP contribution >= 0.6 is 0 Å². The second-order valence-corrected chi connectivity index (χ2v) is 6.56. The number of rotatable bonds is 15. The SMILES string of the molecule is CCCCCCCCCCCCCC=C[C@H](O)[C@@H](N)[C@H](C)O. The van der Waals surface area contributed by atoms with Gasteiger partial charge in [-0.15, -0.1) is 0 Å². The molecule has 0 aromatic rings. The van der Waals surface area contributed by atoms with E-state index in [1.54, 1.807) is 13.0 Å². The lowest BCUT2D eigenvalue weighted by Gasteiger charge is -2.18. The van der Waals surface area contributed by atoms with Crippen molar-refractivity contribution in [3.63, 3.8) is 0 Å². The normalized spacial score (nSPS) is 16.0. The maximum Gasteiger partial charge on any atom is 0.0897 e. The van der Waals surface area contributed by atoms with Gasteiger partial charge in [0.2, 0.25) is 0 Å². The zero-order valence-corrected chi connectivity index (χ0v) is 14.8. The lowest BCUT2D eigenvalue weighted by atomic mass is 10.0. The molecular formula is C19H39NO2. The van der Waals surface area contributed by atoms with Crippen molar-refractivity contribution in [2.75, 3.05) is 0 Å². The molecule has 0 bridgehead atoms. The van der Waals surface area contributed by atoms with Crippen LogP contribution in [0.4, 0.5) is 0 Å². The third kappa shape index (κ3) is 13.3. The van der Waals surface area contributed by atoms with Crippen LogP contribution in [0.25, 0.3) is 0 Å². The summed E-state index contributed by atoms with van der Waals surface area (Å²) in [4.78, 5) is 0. The van der Waals surface area contributed by atoms with Crippen LogP contribution in [0.5, 0.6) is 0 Å².